The minimum Gasteiger partial charge on any atom is -0.479 e. The number of hydrogen-bond acceptors (Lipinski definition) is 6. The lowest BCUT2D eigenvalue weighted by atomic mass is 10.2. The summed E-state index contributed by atoms with van der Waals surface area (Å²) in [5.41, 5.74) is 1.58. The van der Waals surface area contributed by atoms with E-state index in [1.54, 1.807) is 11.8 Å². The molecule has 1 amide bonds. The monoisotopic (exact) mass is 382 g/mol. The predicted molar refractivity (Wildman–Crippen MR) is 103 cm³/mol. The minimum atomic E-state index is -0.571. The van der Waals surface area contributed by atoms with E-state index >= 15 is 0 Å². The summed E-state index contributed by atoms with van der Waals surface area (Å²) in [6.07, 6.45) is -0.462. The first kappa shape index (κ1) is 17.5. The lowest BCUT2D eigenvalue weighted by molar-refractivity contribution is -0.144. The molecular formula is C20H18N2O4S. The van der Waals surface area contributed by atoms with Crippen LogP contribution in [0.1, 0.15) is 18.4 Å². The van der Waals surface area contributed by atoms with Crippen LogP contribution in [0, 0.1) is 0 Å². The highest BCUT2D eigenvalue weighted by molar-refractivity contribution is 7.18. The number of nitrogens with zero attached hydrogens (tertiary/aromatic N) is 2. The smallest absolute Gasteiger partial charge is 0.308 e. The number of carbonyl (C=O) groups is 2. The highest BCUT2D eigenvalue weighted by atomic mass is 32.1. The van der Waals surface area contributed by atoms with Gasteiger partial charge in [-0.05, 0) is 31.2 Å². The molecule has 2 heterocycles. The Morgan fingerprint density at radius 3 is 2.85 bits per heavy atom. The van der Waals surface area contributed by atoms with Gasteiger partial charge in [0.2, 0.25) is 0 Å². The molecular weight excluding hydrogens is 364 g/mol. The zero-order valence-corrected chi connectivity index (χ0v) is 15.6. The van der Waals surface area contributed by atoms with Gasteiger partial charge in [0, 0.05) is 6.54 Å². The second-order valence-electron chi connectivity index (χ2n) is 6.20. The van der Waals surface area contributed by atoms with E-state index in [4.69, 9.17) is 9.47 Å². The number of esters is 1. The van der Waals surface area contributed by atoms with Crippen molar-refractivity contribution in [2.24, 2.45) is 0 Å². The zero-order valence-electron chi connectivity index (χ0n) is 14.8. The van der Waals surface area contributed by atoms with E-state index in [2.05, 4.69) is 4.98 Å². The van der Waals surface area contributed by atoms with Crippen molar-refractivity contribution < 1.29 is 19.1 Å². The van der Waals surface area contributed by atoms with Crippen LogP contribution in [0.3, 0.4) is 0 Å². The number of carbonyl (C=O) groups excluding carboxylic acids is 2. The van der Waals surface area contributed by atoms with Gasteiger partial charge >= 0.3 is 5.97 Å². The molecule has 0 N–H and O–H groups in total. The van der Waals surface area contributed by atoms with Crippen molar-refractivity contribution in [1.82, 2.24) is 4.98 Å². The summed E-state index contributed by atoms with van der Waals surface area (Å²) in [5, 5.41) is 0.756. The number of benzene rings is 2. The van der Waals surface area contributed by atoms with Gasteiger partial charge in [-0.1, -0.05) is 24.3 Å². The normalized spacial score (nSPS) is 16.1. The zero-order chi connectivity index (χ0) is 18.8. The van der Waals surface area contributed by atoms with Crippen LogP contribution >= 0.6 is 11.3 Å². The molecule has 1 atom stereocenters. The molecule has 0 saturated heterocycles. The standard InChI is InChI=1S/C20H18N2O4S/c1-13-20(24)22(15-7-3-4-8-16(15)26-13)11-10-19(23)25-12-18-21-14-6-2-5-9-17(14)27-18/h2-9,13H,10-12H2,1H3. The Labute approximate surface area is 160 Å². The van der Waals surface area contributed by atoms with E-state index in [0.29, 0.717) is 11.4 Å². The summed E-state index contributed by atoms with van der Waals surface area (Å²) >= 11 is 1.51. The number of hydrogen-bond donors (Lipinski definition) is 0. The van der Waals surface area contributed by atoms with E-state index < -0.39 is 6.10 Å². The molecule has 1 aliphatic rings. The van der Waals surface area contributed by atoms with Crippen molar-refractivity contribution >= 4 is 39.1 Å². The number of thiazole rings is 1. The summed E-state index contributed by atoms with van der Waals surface area (Å²) in [6, 6.07) is 15.1. The lowest BCUT2D eigenvalue weighted by Crippen LogP contribution is -2.45. The number of amides is 1. The van der Waals surface area contributed by atoms with Gasteiger partial charge in [0.15, 0.2) is 6.10 Å². The van der Waals surface area contributed by atoms with Crippen molar-refractivity contribution in [1.29, 1.82) is 0 Å². The molecule has 7 heteroatoms. The molecule has 138 valence electrons. The van der Waals surface area contributed by atoms with Gasteiger partial charge in [0.25, 0.3) is 5.91 Å². The third kappa shape index (κ3) is 3.64. The predicted octanol–water partition coefficient (Wildman–Crippen LogP) is 3.54. The fraction of sp³-hybridized carbons (Fsp3) is 0.250. The molecule has 4 rings (SSSR count). The Morgan fingerprint density at radius 2 is 2.00 bits per heavy atom. The van der Waals surface area contributed by atoms with Crippen molar-refractivity contribution in [3.8, 4) is 5.75 Å². The van der Waals surface area contributed by atoms with Gasteiger partial charge in [-0.2, -0.15) is 0 Å². The van der Waals surface area contributed by atoms with Crippen LogP contribution in [-0.4, -0.2) is 29.5 Å². The fourth-order valence-corrected chi connectivity index (χ4v) is 3.87. The molecule has 6 nitrogen and oxygen atoms in total. The van der Waals surface area contributed by atoms with Crippen molar-refractivity contribution in [2.45, 2.75) is 26.1 Å². The number of fused-ring (bicyclic) bond motifs is 2. The van der Waals surface area contributed by atoms with Gasteiger partial charge in [-0.25, -0.2) is 4.98 Å². The molecule has 2 aromatic carbocycles. The topological polar surface area (TPSA) is 68.7 Å². The first-order valence-electron chi connectivity index (χ1n) is 8.69. The van der Waals surface area contributed by atoms with Crippen LogP contribution in [-0.2, 0) is 20.9 Å². The second kappa shape index (κ2) is 7.36. The SMILES string of the molecule is CC1Oc2ccccc2N(CCC(=O)OCc2nc3ccccc3s2)C1=O. The Kier molecular flexibility index (Phi) is 4.77. The summed E-state index contributed by atoms with van der Waals surface area (Å²) in [7, 11) is 0. The van der Waals surface area contributed by atoms with E-state index in [1.165, 1.54) is 11.3 Å². The average Bonchev–Trinajstić information content (AvgIpc) is 3.10. The molecule has 1 unspecified atom stereocenters. The van der Waals surface area contributed by atoms with Gasteiger partial charge in [-0.15, -0.1) is 11.3 Å². The largest absolute Gasteiger partial charge is 0.479 e. The average molecular weight is 382 g/mol. The second-order valence-corrected chi connectivity index (χ2v) is 7.32. The molecule has 0 bridgehead atoms. The van der Waals surface area contributed by atoms with Crippen LogP contribution in [0.15, 0.2) is 48.5 Å². The highest BCUT2D eigenvalue weighted by Gasteiger charge is 2.31. The van der Waals surface area contributed by atoms with Crippen molar-refractivity contribution in [3.05, 3.63) is 53.5 Å². The van der Waals surface area contributed by atoms with Gasteiger partial charge in [-0.3, -0.25) is 9.59 Å². The third-order valence-corrected chi connectivity index (χ3v) is 5.32. The fourth-order valence-electron chi connectivity index (χ4n) is 2.99. The van der Waals surface area contributed by atoms with Gasteiger partial charge < -0.3 is 14.4 Å². The summed E-state index contributed by atoms with van der Waals surface area (Å²) in [4.78, 5) is 30.6. The van der Waals surface area contributed by atoms with Crippen molar-refractivity contribution in [2.75, 3.05) is 11.4 Å². The van der Waals surface area contributed by atoms with E-state index in [1.807, 2.05) is 48.5 Å². The first-order valence-corrected chi connectivity index (χ1v) is 9.50. The molecule has 1 aliphatic heterocycles. The molecule has 0 saturated carbocycles. The Hall–Kier alpha value is -2.93. The maximum atomic E-state index is 12.4. The Balaban J connectivity index is 1.37. The summed E-state index contributed by atoms with van der Waals surface area (Å²) < 4.78 is 12.0. The van der Waals surface area contributed by atoms with E-state index in [-0.39, 0.29) is 31.4 Å². The molecule has 0 aliphatic carbocycles. The highest BCUT2D eigenvalue weighted by Crippen LogP contribution is 2.33. The van der Waals surface area contributed by atoms with E-state index in [9.17, 15) is 9.59 Å². The molecule has 0 radical (unpaired) electrons. The third-order valence-electron chi connectivity index (χ3n) is 4.31. The number of rotatable bonds is 5. The maximum Gasteiger partial charge on any atom is 0.308 e. The lowest BCUT2D eigenvalue weighted by Gasteiger charge is -2.32. The number of para-hydroxylation sites is 3. The van der Waals surface area contributed by atoms with Crippen LogP contribution < -0.4 is 9.64 Å². The van der Waals surface area contributed by atoms with Gasteiger partial charge in [0.05, 0.1) is 22.3 Å². The number of ether oxygens (including phenoxy) is 2. The molecule has 0 spiro atoms. The van der Waals surface area contributed by atoms with Crippen LogP contribution in [0.4, 0.5) is 5.69 Å². The summed E-state index contributed by atoms with van der Waals surface area (Å²) in [5.74, 6) is 0.124. The molecule has 27 heavy (non-hydrogen) atoms. The Morgan fingerprint density at radius 1 is 1.22 bits per heavy atom. The minimum absolute atomic E-state index is 0.109. The van der Waals surface area contributed by atoms with E-state index in [0.717, 1.165) is 15.2 Å². The molecule has 0 fully saturated rings. The van der Waals surface area contributed by atoms with Crippen LogP contribution in [0.25, 0.3) is 10.2 Å². The first-order chi connectivity index (χ1) is 13.1. The van der Waals surface area contributed by atoms with Crippen LogP contribution in [0.2, 0.25) is 0 Å². The van der Waals surface area contributed by atoms with Gasteiger partial charge in [0.1, 0.15) is 17.4 Å². The molecule has 3 aromatic rings. The maximum absolute atomic E-state index is 12.4. The Bertz CT molecular complexity index is 967. The summed E-state index contributed by atoms with van der Waals surface area (Å²) in [6.45, 7) is 2.10. The molecule has 1 aromatic heterocycles. The number of aromatic nitrogens is 1. The van der Waals surface area contributed by atoms with Crippen molar-refractivity contribution in [3.63, 3.8) is 0 Å². The number of anilines is 1. The van der Waals surface area contributed by atoms with Crippen LogP contribution in [0.5, 0.6) is 5.75 Å². The quantitative estimate of drug-likeness (QED) is 0.631.